The molecule has 1 heterocycles. The normalized spacial score (nSPS) is 12.4. The molecule has 1 N–H and O–H groups in total. The van der Waals surface area contributed by atoms with Crippen LogP contribution in [0.1, 0.15) is 29.0 Å². The average Bonchev–Trinajstić information content (AvgIpc) is 2.86. The molecule has 0 amide bonds. The van der Waals surface area contributed by atoms with Gasteiger partial charge in [-0.1, -0.05) is 24.6 Å². The fourth-order valence-electron chi connectivity index (χ4n) is 1.88. The third kappa shape index (κ3) is 2.53. The first-order chi connectivity index (χ1) is 8.67. The minimum atomic E-state index is -0.619. The van der Waals surface area contributed by atoms with Gasteiger partial charge in [-0.3, -0.25) is 0 Å². The van der Waals surface area contributed by atoms with E-state index in [1.54, 1.807) is 30.6 Å². The molecule has 1 aromatic carbocycles. The molecule has 1 aromatic heterocycles. The molecule has 18 heavy (non-hydrogen) atoms. The molecule has 2 aromatic rings. The Labute approximate surface area is 116 Å². The molecular formula is C14H15ClO2S. The number of ether oxygens (including phenoxy) is 1. The smallest absolute Gasteiger partial charge is 0.137 e. The zero-order chi connectivity index (χ0) is 13.1. The van der Waals surface area contributed by atoms with Crippen LogP contribution in [0.2, 0.25) is 5.02 Å². The second kappa shape index (κ2) is 5.74. The lowest BCUT2D eigenvalue weighted by atomic mass is 10.0. The Balaban J connectivity index is 2.37. The molecule has 4 heteroatoms. The van der Waals surface area contributed by atoms with Crippen molar-refractivity contribution in [2.24, 2.45) is 0 Å². The number of aliphatic hydroxyl groups excluding tert-OH is 1. The quantitative estimate of drug-likeness (QED) is 0.916. The number of rotatable bonds is 4. The van der Waals surface area contributed by atoms with E-state index >= 15 is 0 Å². The number of benzene rings is 1. The maximum absolute atomic E-state index is 10.4. The van der Waals surface area contributed by atoms with Crippen LogP contribution in [0, 0.1) is 0 Å². The number of methoxy groups -OCH3 is 1. The molecule has 0 aliphatic heterocycles. The topological polar surface area (TPSA) is 29.5 Å². The maximum Gasteiger partial charge on any atom is 0.137 e. The minimum Gasteiger partial charge on any atom is -0.495 e. The first kappa shape index (κ1) is 13.4. The van der Waals surface area contributed by atoms with Gasteiger partial charge in [0.05, 0.1) is 12.1 Å². The highest BCUT2D eigenvalue weighted by atomic mass is 35.5. The first-order valence-electron chi connectivity index (χ1n) is 5.75. The van der Waals surface area contributed by atoms with Gasteiger partial charge >= 0.3 is 0 Å². The van der Waals surface area contributed by atoms with Crippen LogP contribution in [-0.4, -0.2) is 12.2 Å². The van der Waals surface area contributed by atoms with Gasteiger partial charge in [-0.05, 0) is 41.1 Å². The molecule has 0 aliphatic rings. The Hall–Kier alpha value is -1.03. The lowest BCUT2D eigenvalue weighted by Gasteiger charge is -2.13. The van der Waals surface area contributed by atoms with Crippen molar-refractivity contribution in [2.75, 3.05) is 7.11 Å². The molecule has 0 bridgehead atoms. The van der Waals surface area contributed by atoms with Crippen molar-refractivity contribution in [2.45, 2.75) is 19.4 Å². The van der Waals surface area contributed by atoms with Gasteiger partial charge in [0, 0.05) is 4.88 Å². The highest BCUT2D eigenvalue weighted by molar-refractivity contribution is 7.10. The Kier molecular flexibility index (Phi) is 4.27. The van der Waals surface area contributed by atoms with Crippen LogP contribution in [-0.2, 0) is 6.42 Å². The molecule has 0 spiro atoms. The van der Waals surface area contributed by atoms with Gasteiger partial charge in [0.15, 0.2) is 0 Å². The summed E-state index contributed by atoms with van der Waals surface area (Å²) < 4.78 is 5.17. The Morgan fingerprint density at radius 1 is 1.39 bits per heavy atom. The van der Waals surface area contributed by atoms with E-state index in [1.165, 1.54) is 5.56 Å². The van der Waals surface area contributed by atoms with Crippen LogP contribution < -0.4 is 4.74 Å². The van der Waals surface area contributed by atoms with Crippen LogP contribution in [0.4, 0.5) is 0 Å². The molecule has 96 valence electrons. The Morgan fingerprint density at radius 2 is 2.17 bits per heavy atom. The summed E-state index contributed by atoms with van der Waals surface area (Å²) in [4.78, 5) is 0.988. The molecule has 1 unspecified atom stereocenters. The molecule has 0 radical (unpaired) electrons. The van der Waals surface area contributed by atoms with Gasteiger partial charge in [-0.25, -0.2) is 0 Å². The molecular weight excluding hydrogens is 268 g/mol. The number of aliphatic hydroxyl groups is 1. The van der Waals surface area contributed by atoms with Crippen molar-refractivity contribution in [3.63, 3.8) is 0 Å². The summed E-state index contributed by atoms with van der Waals surface area (Å²) in [5.41, 5.74) is 1.98. The van der Waals surface area contributed by atoms with E-state index in [9.17, 15) is 5.11 Å². The predicted molar refractivity (Wildman–Crippen MR) is 75.8 cm³/mol. The fourth-order valence-corrected chi connectivity index (χ4v) is 3.08. The maximum atomic E-state index is 10.4. The van der Waals surface area contributed by atoms with Crippen molar-refractivity contribution in [3.05, 3.63) is 50.7 Å². The number of hydrogen-bond donors (Lipinski definition) is 1. The third-order valence-electron chi connectivity index (χ3n) is 2.90. The minimum absolute atomic E-state index is 0.551. The molecule has 0 aliphatic carbocycles. The molecule has 2 nitrogen and oxygen atoms in total. The van der Waals surface area contributed by atoms with E-state index in [4.69, 9.17) is 16.3 Å². The monoisotopic (exact) mass is 282 g/mol. The van der Waals surface area contributed by atoms with Crippen molar-refractivity contribution in [3.8, 4) is 5.75 Å². The fraction of sp³-hybridized carbons (Fsp3) is 0.286. The summed E-state index contributed by atoms with van der Waals surface area (Å²) in [7, 11) is 1.57. The van der Waals surface area contributed by atoms with Gasteiger partial charge in [-0.15, -0.1) is 11.3 Å². The van der Waals surface area contributed by atoms with Gasteiger partial charge in [0.2, 0.25) is 0 Å². The van der Waals surface area contributed by atoms with Gasteiger partial charge < -0.3 is 9.84 Å². The highest BCUT2D eigenvalue weighted by Gasteiger charge is 2.16. The summed E-state index contributed by atoms with van der Waals surface area (Å²) in [5.74, 6) is 0.586. The number of halogens is 1. The van der Waals surface area contributed by atoms with Crippen molar-refractivity contribution in [1.29, 1.82) is 0 Å². The second-order valence-corrected chi connectivity index (χ2v) is 5.32. The van der Waals surface area contributed by atoms with Crippen LogP contribution >= 0.6 is 22.9 Å². The van der Waals surface area contributed by atoms with E-state index < -0.39 is 6.10 Å². The molecule has 1 atom stereocenters. The molecule has 0 saturated carbocycles. The van der Waals surface area contributed by atoms with E-state index in [0.717, 1.165) is 16.9 Å². The van der Waals surface area contributed by atoms with E-state index in [0.29, 0.717) is 10.8 Å². The van der Waals surface area contributed by atoms with Crippen molar-refractivity contribution >= 4 is 22.9 Å². The molecule has 2 rings (SSSR count). The largest absolute Gasteiger partial charge is 0.495 e. The lowest BCUT2D eigenvalue weighted by Crippen LogP contribution is -2.00. The standard InChI is InChI=1S/C14H15ClO2S/c1-3-9-6-7-18-14(9)13(16)10-4-5-11(15)12(8-10)17-2/h4-8,13,16H,3H2,1-2H3. The zero-order valence-corrected chi connectivity index (χ0v) is 11.9. The Morgan fingerprint density at radius 3 is 2.83 bits per heavy atom. The van der Waals surface area contributed by atoms with Crippen LogP contribution in [0.3, 0.4) is 0 Å². The number of thiophene rings is 1. The number of aryl methyl sites for hydroxylation is 1. The third-order valence-corrected chi connectivity index (χ3v) is 4.22. The zero-order valence-electron chi connectivity index (χ0n) is 10.3. The summed E-state index contributed by atoms with van der Waals surface area (Å²) in [5, 5.41) is 13.0. The summed E-state index contributed by atoms with van der Waals surface area (Å²) in [6.07, 6.45) is 0.298. The molecule has 0 saturated heterocycles. The second-order valence-electron chi connectivity index (χ2n) is 3.96. The van der Waals surface area contributed by atoms with E-state index in [2.05, 4.69) is 13.0 Å². The first-order valence-corrected chi connectivity index (χ1v) is 7.01. The van der Waals surface area contributed by atoms with Gasteiger partial charge in [0.1, 0.15) is 11.9 Å². The average molecular weight is 283 g/mol. The van der Waals surface area contributed by atoms with Crippen molar-refractivity contribution < 1.29 is 9.84 Å². The summed E-state index contributed by atoms with van der Waals surface area (Å²) in [6, 6.07) is 7.41. The van der Waals surface area contributed by atoms with Crippen molar-refractivity contribution in [1.82, 2.24) is 0 Å². The van der Waals surface area contributed by atoms with Crippen LogP contribution in [0.5, 0.6) is 5.75 Å². The van der Waals surface area contributed by atoms with E-state index in [1.807, 2.05) is 11.4 Å². The van der Waals surface area contributed by atoms with E-state index in [-0.39, 0.29) is 0 Å². The number of hydrogen-bond acceptors (Lipinski definition) is 3. The SMILES string of the molecule is CCc1ccsc1C(O)c1ccc(Cl)c(OC)c1. The van der Waals surface area contributed by atoms with Crippen LogP contribution in [0.25, 0.3) is 0 Å². The lowest BCUT2D eigenvalue weighted by molar-refractivity contribution is 0.222. The summed E-state index contributed by atoms with van der Waals surface area (Å²) >= 11 is 7.55. The predicted octanol–water partition coefficient (Wildman–Crippen LogP) is 4.05. The summed E-state index contributed by atoms with van der Waals surface area (Å²) in [6.45, 7) is 2.08. The van der Waals surface area contributed by atoms with Gasteiger partial charge in [-0.2, -0.15) is 0 Å². The molecule has 0 fully saturated rings. The highest BCUT2D eigenvalue weighted by Crippen LogP contribution is 2.34. The Bertz CT molecular complexity index is 536. The van der Waals surface area contributed by atoms with Crippen LogP contribution in [0.15, 0.2) is 29.6 Å². The van der Waals surface area contributed by atoms with Gasteiger partial charge in [0.25, 0.3) is 0 Å².